The van der Waals surface area contributed by atoms with Crippen LogP contribution < -0.4 is 0 Å². The van der Waals surface area contributed by atoms with E-state index in [9.17, 15) is 0 Å². The number of para-hydroxylation sites is 2. The lowest BCUT2D eigenvalue weighted by Gasteiger charge is -2.17. The summed E-state index contributed by atoms with van der Waals surface area (Å²) in [7, 11) is 0. The third-order valence-electron chi connectivity index (χ3n) is 13.1. The maximum absolute atomic E-state index is 5.34. The van der Waals surface area contributed by atoms with E-state index in [1.807, 2.05) is 47.7 Å². The molecule has 0 fully saturated rings. The predicted octanol–water partition coefficient (Wildman–Crippen LogP) is 17.0. The minimum atomic E-state index is 0.612. The summed E-state index contributed by atoms with van der Waals surface area (Å²) in [4.78, 5) is 15.8. The summed E-state index contributed by atoms with van der Waals surface area (Å²) in [5.41, 5.74) is 15.3. The van der Waals surface area contributed by atoms with Crippen LogP contribution in [-0.4, -0.2) is 19.5 Å². The van der Waals surface area contributed by atoms with Gasteiger partial charge in [-0.15, -0.1) is 11.3 Å². The molecule has 0 saturated heterocycles. The summed E-state index contributed by atoms with van der Waals surface area (Å²) in [5.74, 6) is 1.86. The number of nitrogens with zero attached hydrogens (tertiary/aromatic N) is 4. The molecule has 0 saturated carbocycles. The lowest BCUT2D eigenvalue weighted by atomic mass is 9.88. The van der Waals surface area contributed by atoms with E-state index in [1.54, 1.807) is 0 Å². The molecule has 0 radical (unpaired) electrons. The van der Waals surface area contributed by atoms with Crippen LogP contribution in [0.15, 0.2) is 243 Å². The highest BCUT2D eigenvalue weighted by Crippen LogP contribution is 2.46. The number of benzene rings is 10. The van der Waals surface area contributed by atoms with Gasteiger partial charge < -0.3 is 4.57 Å². The van der Waals surface area contributed by atoms with Crippen molar-refractivity contribution in [3.8, 4) is 84.4 Å². The smallest absolute Gasteiger partial charge is 0.164 e. The van der Waals surface area contributed by atoms with Crippen LogP contribution in [0.1, 0.15) is 0 Å². The topological polar surface area (TPSA) is 43.6 Å². The predicted molar refractivity (Wildman–Crippen MR) is 285 cm³/mol. The molecule has 0 bridgehead atoms. The van der Waals surface area contributed by atoms with Gasteiger partial charge in [0.05, 0.1) is 11.0 Å². The van der Waals surface area contributed by atoms with Crippen molar-refractivity contribution in [3.63, 3.8) is 0 Å². The minimum Gasteiger partial charge on any atom is -0.309 e. The Morgan fingerprint density at radius 3 is 1.49 bits per heavy atom. The lowest BCUT2D eigenvalue weighted by molar-refractivity contribution is 1.07. The van der Waals surface area contributed by atoms with E-state index in [1.165, 1.54) is 47.5 Å². The first-order chi connectivity index (χ1) is 33.7. The fourth-order valence-electron chi connectivity index (χ4n) is 9.85. The third kappa shape index (κ3) is 6.88. The van der Waals surface area contributed by atoms with Crippen LogP contribution in [-0.2, 0) is 0 Å². The van der Waals surface area contributed by atoms with E-state index in [2.05, 4.69) is 211 Å². The SMILES string of the molecule is c1ccc(-c2ccc(-c3ccccc3)c(-c3ccc(-c4ccc5sc6c(ccc7c6c6ccccc6n7-c6ccccc6)c5c4)c(-c4nc(-c5ccccc5)nc(-c5ccccc5)n4)c3)c2)cc1. The molecule has 13 rings (SSSR count). The lowest BCUT2D eigenvalue weighted by Crippen LogP contribution is -2.01. The number of hydrogen-bond donors (Lipinski definition) is 0. The Labute approximate surface area is 397 Å². The van der Waals surface area contributed by atoms with Crippen molar-refractivity contribution < 1.29 is 0 Å². The van der Waals surface area contributed by atoms with E-state index < -0.39 is 0 Å². The fourth-order valence-corrected chi connectivity index (χ4v) is 11.1. The summed E-state index contributed by atoms with van der Waals surface area (Å²) >= 11 is 1.87. The van der Waals surface area contributed by atoms with Crippen LogP contribution in [0.4, 0.5) is 0 Å². The van der Waals surface area contributed by atoms with E-state index in [0.717, 1.165) is 61.3 Å². The van der Waals surface area contributed by atoms with Gasteiger partial charge in [-0.05, 0) is 93.0 Å². The molecule has 13 aromatic rings. The third-order valence-corrected chi connectivity index (χ3v) is 14.3. The summed E-state index contributed by atoms with van der Waals surface area (Å²) in [5, 5.41) is 5.01. The fraction of sp³-hybridized carbons (Fsp3) is 0. The molecule has 5 heteroatoms. The Kier molecular flexibility index (Phi) is 9.66. The molecule has 0 atom stereocenters. The van der Waals surface area contributed by atoms with Crippen molar-refractivity contribution in [3.05, 3.63) is 243 Å². The number of fused-ring (bicyclic) bond motifs is 7. The molecule has 0 unspecified atom stereocenters. The molecule has 0 N–H and O–H groups in total. The molecule has 3 aromatic heterocycles. The van der Waals surface area contributed by atoms with E-state index in [4.69, 9.17) is 15.0 Å². The largest absolute Gasteiger partial charge is 0.309 e. The summed E-state index contributed by atoms with van der Waals surface area (Å²) in [6.45, 7) is 0. The molecule has 0 aliphatic rings. The molecular formula is C63H40N4S. The Morgan fingerprint density at radius 2 is 0.809 bits per heavy atom. The van der Waals surface area contributed by atoms with Crippen LogP contribution >= 0.6 is 11.3 Å². The maximum atomic E-state index is 5.34. The number of aromatic nitrogens is 4. The zero-order valence-corrected chi connectivity index (χ0v) is 37.6. The minimum absolute atomic E-state index is 0.612. The molecule has 4 nitrogen and oxygen atoms in total. The molecule has 0 aliphatic heterocycles. The van der Waals surface area contributed by atoms with Gasteiger partial charge in [0.15, 0.2) is 17.5 Å². The molecule has 0 spiro atoms. The van der Waals surface area contributed by atoms with E-state index in [-0.39, 0.29) is 0 Å². The molecule has 10 aromatic carbocycles. The Hall–Kier alpha value is -8.77. The average Bonchev–Trinajstić information content (AvgIpc) is 3.97. The van der Waals surface area contributed by atoms with Gasteiger partial charge in [-0.3, -0.25) is 0 Å². The van der Waals surface area contributed by atoms with Crippen LogP contribution in [0, 0.1) is 0 Å². The molecule has 318 valence electrons. The van der Waals surface area contributed by atoms with Gasteiger partial charge >= 0.3 is 0 Å². The summed E-state index contributed by atoms with van der Waals surface area (Å²) in [6.07, 6.45) is 0. The van der Waals surface area contributed by atoms with Crippen LogP contribution in [0.25, 0.3) is 126 Å². The monoisotopic (exact) mass is 884 g/mol. The number of thiophene rings is 1. The van der Waals surface area contributed by atoms with Gasteiger partial charge in [0, 0.05) is 53.3 Å². The van der Waals surface area contributed by atoms with Gasteiger partial charge in [0.2, 0.25) is 0 Å². The van der Waals surface area contributed by atoms with Gasteiger partial charge in [-0.25, -0.2) is 15.0 Å². The van der Waals surface area contributed by atoms with Gasteiger partial charge in [-0.2, -0.15) is 0 Å². The number of rotatable bonds is 8. The highest BCUT2D eigenvalue weighted by Gasteiger charge is 2.21. The van der Waals surface area contributed by atoms with Crippen molar-refractivity contribution in [2.45, 2.75) is 0 Å². The van der Waals surface area contributed by atoms with Crippen molar-refractivity contribution in [2.75, 3.05) is 0 Å². The molecule has 0 aliphatic carbocycles. The van der Waals surface area contributed by atoms with Gasteiger partial charge in [0.25, 0.3) is 0 Å². The maximum Gasteiger partial charge on any atom is 0.164 e. The second kappa shape index (κ2) is 16.6. The molecule has 68 heavy (non-hydrogen) atoms. The Bertz CT molecular complexity index is 3940. The van der Waals surface area contributed by atoms with Gasteiger partial charge in [-0.1, -0.05) is 194 Å². The molecule has 0 amide bonds. The van der Waals surface area contributed by atoms with Crippen LogP contribution in [0.3, 0.4) is 0 Å². The second-order valence-corrected chi connectivity index (χ2v) is 18.2. The first kappa shape index (κ1) is 39.6. The van der Waals surface area contributed by atoms with Gasteiger partial charge in [0.1, 0.15) is 0 Å². The Balaban J connectivity index is 1.06. The second-order valence-electron chi connectivity index (χ2n) is 17.1. The first-order valence-corrected chi connectivity index (χ1v) is 23.7. The quantitative estimate of drug-likeness (QED) is 0.153. The summed E-state index contributed by atoms with van der Waals surface area (Å²) in [6, 6.07) is 86.4. The molecular weight excluding hydrogens is 845 g/mol. The van der Waals surface area contributed by atoms with Crippen molar-refractivity contribution >= 4 is 53.3 Å². The molecule has 3 heterocycles. The van der Waals surface area contributed by atoms with Crippen LogP contribution in [0.5, 0.6) is 0 Å². The normalized spacial score (nSPS) is 11.5. The zero-order chi connectivity index (χ0) is 45.0. The highest BCUT2D eigenvalue weighted by atomic mass is 32.1. The van der Waals surface area contributed by atoms with E-state index in [0.29, 0.717) is 17.5 Å². The Morgan fingerprint density at radius 1 is 0.294 bits per heavy atom. The van der Waals surface area contributed by atoms with Crippen molar-refractivity contribution in [1.29, 1.82) is 0 Å². The summed E-state index contributed by atoms with van der Waals surface area (Å²) < 4.78 is 4.93. The van der Waals surface area contributed by atoms with Crippen LogP contribution in [0.2, 0.25) is 0 Å². The average molecular weight is 885 g/mol. The first-order valence-electron chi connectivity index (χ1n) is 22.9. The van der Waals surface area contributed by atoms with E-state index >= 15 is 0 Å². The standard InChI is InChI=1S/C63H40N4S/c1-6-18-41(19-7-1)45-30-33-49(42-20-8-2-9-21-42)53(38-45)47-31-34-50(55(40-47)63-65-61(43-22-10-3-11-23-43)64-62(66-63)44-24-12-4-13-25-44)46-32-37-58-54(39-46)51-35-36-57-59(60(51)68-58)52-28-16-17-29-56(52)67(57)48-26-14-5-15-27-48/h1-40H. The highest BCUT2D eigenvalue weighted by molar-refractivity contribution is 7.26. The number of hydrogen-bond acceptors (Lipinski definition) is 4. The zero-order valence-electron chi connectivity index (χ0n) is 36.8. The van der Waals surface area contributed by atoms with Crippen molar-refractivity contribution in [2.24, 2.45) is 0 Å². The van der Waals surface area contributed by atoms with Crippen molar-refractivity contribution in [1.82, 2.24) is 19.5 Å².